The van der Waals surface area contributed by atoms with E-state index in [1.165, 1.54) is 70.4 Å². The van der Waals surface area contributed by atoms with Gasteiger partial charge in [-0.25, -0.2) is 0 Å². The molecule has 3 rings (SSSR count). The lowest BCUT2D eigenvalue weighted by Gasteiger charge is -2.36. The number of hydrogen-bond donors (Lipinski definition) is 2. The Bertz CT molecular complexity index is 431. The molecule has 3 nitrogen and oxygen atoms in total. The number of ether oxygens (including phenoxy) is 1. The number of nitrogens with one attached hydrogen (secondary N) is 2. The molecule has 0 bridgehead atoms. The zero-order chi connectivity index (χ0) is 15.2. The Morgan fingerprint density at radius 2 is 1.64 bits per heavy atom. The maximum absolute atomic E-state index is 5.52. The van der Waals surface area contributed by atoms with Gasteiger partial charge in [0.05, 0.1) is 38.8 Å². The van der Waals surface area contributed by atoms with Crippen molar-refractivity contribution in [1.29, 1.82) is 0 Å². The quantitative estimate of drug-likeness (QED) is 0.820. The molecule has 0 unspecified atom stereocenters. The van der Waals surface area contributed by atoms with E-state index in [1.54, 1.807) is 4.90 Å². The summed E-state index contributed by atoms with van der Waals surface area (Å²) in [6, 6.07) is 9.65. The Hall–Kier alpha value is -1.06. The highest BCUT2D eigenvalue weighted by Crippen LogP contribution is 2.11. The standard InChI is InChI=1S/C19H30N2O/c1-2-22-19-8-6-17(7-9-19)16-20-14-10-18(11-15-20)21-12-4-3-5-13-21/h6-9,18H,2-5,10-16H2,1H3/p+2. The minimum Gasteiger partial charge on any atom is -0.494 e. The molecule has 0 radical (unpaired) electrons. The summed E-state index contributed by atoms with van der Waals surface area (Å²) in [5, 5.41) is 0. The maximum Gasteiger partial charge on any atom is 0.119 e. The Morgan fingerprint density at radius 3 is 2.27 bits per heavy atom. The van der Waals surface area contributed by atoms with E-state index >= 15 is 0 Å². The Labute approximate surface area is 135 Å². The van der Waals surface area contributed by atoms with Crippen LogP contribution in [-0.4, -0.2) is 38.8 Å². The zero-order valence-electron chi connectivity index (χ0n) is 14.1. The van der Waals surface area contributed by atoms with Crippen molar-refractivity contribution in [3.8, 4) is 5.75 Å². The Kier molecular flexibility index (Phi) is 5.74. The predicted octanol–water partition coefficient (Wildman–Crippen LogP) is 0.701. The van der Waals surface area contributed by atoms with Crippen molar-refractivity contribution in [2.24, 2.45) is 0 Å². The molecular formula is C19H32N2O+2. The second-order valence-electron chi connectivity index (χ2n) is 7.00. The first kappa shape index (κ1) is 15.8. The summed E-state index contributed by atoms with van der Waals surface area (Å²) in [6.07, 6.45) is 7.21. The summed E-state index contributed by atoms with van der Waals surface area (Å²) >= 11 is 0. The van der Waals surface area contributed by atoms with Crippen LogP contribution in [0.25, 0.3) is 0 Å². The minimum atomic E-state index is 0.747. The van der Waals surface area contributed by atoms with Crippen LogP contribution in [0.4, 0.5) is 0 Å². The summed E-state index contributed by atoms with van der Waals surface area (Å²) in [5.74, 6) is 0.994. The van der Waals surface area contributed by atoms with Gasteiger partial charge in [-0.1, -0.05) is 0 Å². The lowest BCUT2D eigenvalue weighted by molar-refractivity contribution is -0.965. The van der Waals surface area contributed by atoms with Gasteiger partial charge in [-0.3, -0.25) is 0 Å². The van der Waals surface area contributed by atoms with E-state index in [0.29, 0.717) is 0 Å². The SMILES string of the molecule is CCOc1ccc(C[NH+]2CCC([NH+]3CCCCC3)CC2)cc1. The molecule has 1 aromatic carbocycles. The van der Waals surface area contributed by atoms with Crippen LogP contribution >= 0.6 is 0 Å². The van der Waals surface area contributed by atoms with Gasteiger partial charge in [-0.2, -0.15) is 0 Å². The van der Waals surface area contributed by atoms with Crippen LogP contribution in [-0.2, 0) is 6.54 Å². The summed E-state index contributed by atoms with van der Waals surface area (Å²) in [4.78, 5) is 3.67. The van der Waals surface area contributed by atoms with Gasteiger partial charge in [0.1, 0.15) is 12.3 Å². The van der Waals surface area contributed by atoms with Gasteiger partial charge in [0, 0.05) is 18.4 Å². The van der Waals surface area contributed by atoms with Gasteiger partial charge >= 0.3 is 0 Å². The molecule has 1 aromatic rings. The van der Waals surface area contributed by atoms with E-state index in [-0.39, 0.29) is 0 Å². The van der Waals surface area contributed by atoms with Crippen molar-refractivity contribution in [2.45, 2.75) is 51.6 Å². The first-order valence-corrected chi connectivity index (χ1v) is 9.25. The largest absolute Gasteiger partial charge is 0.494 e. The molecule has 3 heteroatoms. The monoisotopic (exact) mass is 304 g/mol. The molecule has 2 heterocycles. The third-order valence-electron chi connectivity index (χ3n) is 5.45. The smallest absolute Gasteiger partial charge is 0.119 e. The normalized spacial score (nSPS) is 26.8. The predicted molar refractivity (Wildman–Crippen MR) is 89.6 cm³/mol. The summed E-state index contributed by atoms with van der Waals surface area (Å²) in [5.41, 5.74) is 1.45. The fourth-order valence-electron chi connectivity index (χ4n) is 4.18. The third kappa shape index (κ3) is 4.23. The number of likely N-dealkylation sites (tertiary alicyclic amines) is 2. The van der Waals surface area contributed by atoms with Gasteiger partial charge in [0.15, 0.2) is 0 Å². The van der Waals surface area contributed by atoms with Crippen LogP contribution in [0.15, 0.2) is 24.3 Å². The van der Waals surface area contributed by atoms with Gasteiger partial charge in [0.2, 0.25) is 0 Å². The van der Waals surface area contributed by atoms with Crippen LogP contribution < -0.4 is 14.5 Å². The van der Waals surface area contributed by atoms with Gasteiger partial charge < -0.3 is 14.5 Å². The number of hydrogen-bond acceptors (Lipinski definition) is 1. The molecule has 0 spiro atoms. The second-order valence-corrected chi connectivity index (χ2v) is 7.00. The molecule has 0 aliphatic carbocycles. The van der Waals surface area contributed by atoms with Crippen molar-refractivity contribution in [3.63, 3.8) is 0 Å². The first-order chi connectivity index (χ1) is 10.8. The molecule has 0 saturated carbocycles. The topological polar surface area (TPSA) is 18.1 Å². The van der Waals surface area contributed by atoms with E-state index in [2.05, 4.69) is 24.3 Å². The van der Waals surface area contributed by atoms with Crippen LogP contribution in [0.2, 0.25) is 0 Å². The van der Waals surface area contributed by atoms with Crippen molar-refractivity contribution in [1.82, 2.24) is 0 Å². The van der Waals surface area contributed by atoms with Crippen molar-refractivity contribution < 1.29 is 14.5 Å². The molecule has 2 aliphatic heterocycles. The molecule has 22 heavy (non-hydrogen) atoms. The Balaban J connectivity index is 1.45. The third-order valence-corrected chi connectivity index (χ3v) is 5.45. The van der Waals surface area contributed by atoms with Gasteiger partial charge in [0.25, 0.3) is 0 Å². The summed E-state index contributed by atoms with van der Waals surface area (Å²) < 4.78 is 5.52. The van der Waals surface area contributed by atoms with Crippen LogP contribution in [0.5, 0.6) is 5.75 Å². The Morgan fingerprint density at radius 1 is 0.955 bits per heavy atom. The first-order valence-electron chi connectivity index (χ1n) is 9.25. The van der Waals surface area contributed by atoms with Crippen LogP contribution in [0.3, 0.4) is 0 Å². The average molecular weight is 304 g/mol. The minimum absolute atomic E-state index is 0.747. The molecule has 0 amide bonds. The van der Waals surface area contributed by atoms with Crippen molar-refractivity contribution in [2.75, 3.05) is 32.8 Å². The zero-order valence-corrected chi connectivity index (χ0v) is 14.1. The van der Waals surface area contributed by atoms with Crippen LogP contribution in [0.1, 0.15) is 44.6 Å². The highest BCUT2D eigenvalue weighted by atomic mass is 16.5. The van der Waals surface area contributed by atoms with Gasteiger partial charge in [-0.05, 0) is 50.5 Å². The highest BCUT2D eigenvalue weighted by Gasteiger charge is 2.30. The molecule has 2 aliphatic rings. The maximum atomic E-state index is 5.52. The lowest BCUT2D eigenvalue weighted by Crippen LogP contribution is -3.20. The van der Waals surface area contributed by atoms with Crippen molar-refractivity contribution in [3.05, 3.63) is 29.8 Å². The van der Waals surface area contributed by atoms with E-state index in [0.717, 1.165) is 18.4 Å². The molecule has 0 aromatic heterocycles. The van der Waals surface area contributed by atoms with E-state index in [4.69, 9.17) is 4.74 Å². The molecular weight excluding hydrogens is 272 g/mol. The average Bonchev–Trinajstić information content (AvgIpc) is 2.58. The summed E-state index contributed by atoms with van der Waals surface area (Å²) in [7, 11) is 0. The fourth-order valence-corrected chi connectivity index (χ4v) is 4.18. The van der Waals surface area contributed by atoms with Gasteiger partial charge in [-0.15, -0.1) is 0 Å². The second kappa shape index (κ2) is 7.98. The lowest BCUT2D eigenvalue weighted by atomic mass is 9.99. The highest BCUT2D eigenvalue weighted by molar-refractivity contribution is 5.26. The van der Waals surface area contributed by atoms with E-state index < -0.39 is 0 Å². The number of benzene rings is 1. The molecule has 2 fully saturated rings. The molecule has 122 valence electrons. The molecule has 2 saturated heterocycles. The summed E-state index contributed by atoms with van der Waals surface area (Å²) in [6.45, 7) is 9.51. The fraction of sp³-hybridized carbons (Fsp3) is 0.684. The van der Waals surface area contributed by atoms with Crippen LogP contribution in [0, 0.1) is 0 Å². The molecule has 2 N–H and O–H groups in total. The number of quaternary nitrogens is 2. The number of piperidine rings is 2. The molecule has 0 atom stereocenters. The van der Waals surface area contributed by atoms with E-state index in [1.807, 2.05) is 11.8 Å². The van der Waals surface area contributed by atoms with Crippen molar-refractivity contribution >= 4 is 0 Å². The number of rotatable bonds is 5. The van der Waals surface area contributed by atoms with E-state index in [9.17, 15) is 0 Å².